The van der Waals surface area contributed by atoms with E-state index in [0.29, 0.717) is 0 Å². The zero-order chi connectivity index (χ0) is 12.5. The number of hydrogen-bond donors (Lipinski definition) is 1. The quantitative estimate of drug-likeness (QED) is 0.867. The fraction of sp³-hybridized carbons (Fsp3) is 0.333. The van der Waals surface area contributed by atoms with E-state index in [1.54, 1.807) is 0 Å². The number of rotatable bonds is 3. The van der Waals surface area contributed by atoms with Gasteiger partial charge in [-0.15, -0.1) is 0 Å². The molecule has 1 aromatic carbocycles. The summed E-state index contributed by atoms with van der Waals surface area (Å²) in [5.74, 6) is -1.28. The van der Waals surface area contributed by atoms with Crippen molar-refractivity contribution >= 4 is 33.0 Å². The minimum absolute atomic E-state index is 0.00833. The Morgan fingerprint density at radius 3 is 2.44 bits per heavy atom. The van der Waals surface area contributed by atoms with E-state index in [1.807, 2.05) is 0 Å². The Morgan fingerprint density at radius 2 is 1.94 bits per heavy atom. The highest BCUT2D eigenvalue weighted by Gasteiger charge is 2.19. The summed E-state index contributed by atoms with van der Waals surface area (Å²) in [4.78, 5) is 0. The van der Waals surface area contributed by atoms with E-state index in [9.17, 15) is 17.9 Å². The van der Waals surface area contributed by atoms with Crippen LogP contribution in [0.2, 0.25) is 10.0 Å². The molecule has 0 aromatic heterocycles. The van der Waals surface area contributed by atoms with E-state index in [1.165, 1.54) is 0 Å². The Bertz CT molecular complexity index is 502. The molecule has 0 aliphatic carbocycles. The maximum absolute atomic E-state index is 13.1. The number of aliphatic hydroxyl groups excluding tert-OH is 1. The van der Waals surface area contributed by atoms with Crippen LogP contribution in [0.4, 0.5) is 4.39 Å². The van der Waals surface area contributed by atoms with E-state index < -0.39 is 27.5 Å². The number of aliphatic hydroxyl groups is 1. The molecule has 0 amide bonds. The van der Waals surface area contributed by atoms with E-state index in [-0.39, 0.29) is 15.6 Å². The molecule has 1 rings (SSSR count). The normalized spacial score (nSPS) is 13.8. The molecule has 0 fully saturated rings. The summed E-state index contributed by atoms with van der Waals surface area (Å²) in [6, 6.07) is 2.06. The van der Waals surface area contributed by atoms with Crippen LogP contribution in [0.25, 0.3) is 0 Å². The molecule has 7 heteroatoms. The summed E-state index contributed by atoms with van der Waals surface area (Å²) < 4.78 is 35.0. The molecule has 0 radical (unpaired) electrons. The standard InChI is InChI=1S/C9H9Cl2FO3S/c1-16(14,15)4-9(13)5-2-8(12)7(11)3-6(5)10/h2-3,9,13H,4H2,1H3. The highest BCUT2D eigenvalue weighted by Crippen LogP contribution is 2.29. The second kappa shape index (κ2) is 4.87. The van der Waals surface area contributed by atoms with Crippen LogP contribution in [-0.2, 0) is 9.84 Å². The molecule has 1 unspecified atom stereocenters. The minimum atomic E-state index is -3.38. The molecule has 0 saturated carbocycles. The van der Waals surface area contributed by atoms with Crippen LogP contribution in [0.1, 0.15) is 11.7 Å². The van der Waals surface area contributed by atoms with Crippen molar-refractivity contribution in [1.82, 2.24) is 0 Å². The van der Waals surface area contributed by atoms with Gasteiger partial charge >= 0.3 is 0 Å². The Hall–Kier alpha value is -0.360. The van der Waals surface area contributed by atoms with Gasteiger partial charge < -0.3 is 5.11 Å². The van der Waals surface area contributed by atoms with Gasteiger partial charge in [0, 0.05) is 16.8 Å². The van der Waals surface area contributed by atoms with Crippen molar-refractivity contribution in [3.8, 4) is 0 Å². The first-order valence-corrected chi connectivity index (χ1v) is 7.02. The van der Waals surface area contributed by atoms with E-state index in [0.717, 1.165) is 18.4 Å². The Balaban J connectivity index is 3.09. The first kappa shape index (κ1) is 13.7. The summed E-state index contributed by atoms with van der Waals surface area (Å²) in [6.45, 7) is 0. The highest BCUT2D eigenvalue weighted by atomic mass is 35.5. The lowest BCUT2D eigenvalue weighted by atomic mass is 10.1. The van der Waals surface area contributed by atoms with Crippen molar-refractivity contribution in [1.29, 1.82) is 0 Å². The second-order valence-electron chi connectivity index (χ2n) is 3.40. The fourth-order valence-electron chi connectivity index (χ4n) is 1.17. The number of halogens is 3. The molecule has 0 bridgehead atoms. The molecule has 0 saturated heterocycles. The average molecular weight is 287 g/mol. The second-order valence-corrected chi connectivity index (χ2v) is 6.40. The van der Waals surface area contributed by atoms with Gasteiger partial charge in [0.05, 0.1) is 16.9 Å². The van der Waals surface area contributed by atoms with Crippen molar-refractivity contribution in [2.75, 3.05) is 12.0 Å². The summed E-state index contributed by atoms with van der Waals surface area (Å²) in [5.41, 5.74) is 0.00833. The SMILES string of the molecule is CS(=O)(=O)CC(O)c1cc(F)c(Cl)cc1Cl. The fourth-order valence-corrected chi connectivity index (χ4v) is 2.43. The van der Waals surface area contributed by atoms with Crippen molar-refractivity contribution < 1.29 is 17.9 Å². The van der Waals surface area contributed by atoms with Gasteiger partial charge in [-0.1, -0.05) is 23.2 Å². The third-order valence-corrected chi connectivity index (χ3v) is 3.40. The summed E-state index contributed by atoms with van der Waals surface area (Å²) in [7, 11) is -3.38. The monoisotopic (exact) mass is 286 g/mol. The van der Waals surface area contributed by atoms with E-state index >= 15 is 0 Å². The first-order chi connectivity index (χ1) is 7.20. The van der Waals surface area contributed by atoms with Crippen molar-refractivity contribution in [2.24, 2.45) is 0 Å². The van der Waals surface area contributed by atoms with Gasteiger partial charge in [-0.3, -0.25) is 0 Å². The van der Waals surface area contributed by atoms with Crippen LogP contribution in [0.15, 0.2) is 12.1 Å². The van der Waals surface area contributed by atoms with Gasteiger partial charge in [-0.25, -0.2) is 12.8 Å². The van der Waals surface area contributed by atoms with Crippen LogP contribution < -0.4 is 0 Å². The summed E-state index contributed by atoms with van der Waals surface area (Å²) in [6.07, 6.45) is -0.398. The van der Waals surface area contributed by atoms with Crippen LogP contribution >= 0.6 is 23.2 Å². The molecule has 1 aromatic rings. The lowest BCUT2D eigenvalue weighted by Gasteiger charge is -2.12. The number of benzene rings is 1. The third-order valence-electron chi connectivity index (χ3n) is 1.86. The van der Waals surface area contributed by atoms with E-state index in [2.05, 4.69) is 0 Å². The Kier molecular flexibility index (Phi) is 4.17. The van der Waals surface area contributed by atoms with Gasteiger partial charge in [0.15, 0.2) is 0 Å². The Labute approximate surface area is 103 Å². The molecule has 16 heavy (non-hydrogen) atoms. The summed E-state index contributed by atoms with van der Waals surface area (Å²) in [5, 5.41) is 9.43. The van der Waals surface area contributed by atoms with Crippen LogP contribution in [-0.4, -0.2) is 25.5 Å². The predicted molar refractivity (Wildman–Crippen MR) is 61.1 cm³/mol. The van der Waals surface area contributed by atoms with E-state index in [4.69, 9.17) is 23.2 Å². The predicted octanol–water partition coefficient (Wildman–Crippen LogP) is 2.21. The third kappa shape index (κ3) is 3.59. The van der Waals surface area contributed by atoms with Gasteiger partial charge in [-0.05, 0) is 12.1 Å². The van der Waals surface area contributed by atoms with Crippen LogP contribution in [0, 0.1) is 5.82 Å². The zero-order valence-corrected chi connectivity index (χ0v) is 10.6. The molecule has 1 N–H and O–H groups in total. The Morgan fingerprint density at radius 1 is 1.38 bits per heavy atom. The molecule has 90 valence electrons. The molecule has 3 nitrogen and oxygen atoms in total. The largest absolute Gasteiger partial charge is 0.387 e. The number of sulfone groups is 1. The molecule has 0 aliphatic heterocycles. The smallest absolute Gasteiger partial charge is 0.150 e. The number of hydrogen-bond acceptors (Lipinski definition) is 3. The molecule has 0 heterocycles. The average Bonchev–Trinajstić information content (AvgIpc) is 2.08. The van der Waals surface area contributed by atoms with Gasteiger partial charge in [0.1, 0.15) is 15.7 Å². The highest BCUT2D eigenvalue weighted by molar-refractivity contribution is 7.90. The lowest BCUT2D eigenvalue weighted by molar-refractivity contribution is 0.201. The van der Waals surface area contributed by atoms with Gasteiger partial charge in [0.25, 0.3) is 0 Å². The lowest BCUT2D eigenvalue weighted by Crippen LogP contribution is -2.13. The first-order valence-electron chi connectivity index (χ1n) is 4.21. The molecule has 0 aliphatic rings. The maximum Gasteiger partial charge on any atom is 0.150 e. The molecule has 1 atom stereocenters. The maximum atomic E-state index is 13.1. The summed E-state index contributed by atoms with van der Waals surface area (Å²) >= 11 is 11.2. The van der Waals surface area contributed by atoms with Gasteiger partial charge in [-0.2, -0.15) is 0 Å². The van der Waals surface area contributed by atoms with Crippen molar-refractivity contribution in [2.45, 2.75) is 6.10 Å². The van der Waals surface area contributed by atoms with Crippen molar-refractivity contribution in [3.63, 3.8) is 0 Å². The molecular formula is C9H9Cl2FO3S. The minimum Gasteiger partial charge on any atom is -0.387 e. The van der Waals surface area contributed by atoms with Crippen LogP contribution in [0.3, 0.4) is 0 Å². The zero-order valence-electron chi connectivity index (χ0n) is 8.25. The van der Waals surface area contributed by atoms with Crippen molar-refractivity contribution in [3.05, 3.63) is 33.6 Å². The topological polar surface area (TPSA) is 54.4 Å². The van der Waals surface area contributed by atoms with Crippen LogP contribution in [0.5, 0.6) is 0 Å². The van der Waals surface area contributed by atoms with Gasteiger partial charge in [0.2, 0.25) is 0 Å². The molecule has 0 spiro atoms. The molecular weight excluding hydrogens is 278 g/mol.